The molecule has 8 fully saturated rings. The summed E-state index contributed by atoms with van der Waals surface area (Å²) >= 11 is 5.30. The maximum absolute atomic E-state index is 13.4. The van der Waals surface area contributed by atoms with Gasteiger partial charge >= 0.3 is 56.5 Å². The SMILES string of the molecule is CO[C@@H]1CC[C@@]2(C)[C@H](CC(=O)[C@@H]3[C@@H]2CC[C@]2(C)[C@@H]([C@H](C)C(C)=O)CC[C@@H]32)C1.C[C@H](CCC(=O)O)[C@H]1CC[C@H]2[C@@H]3[C@H](O)C[C@@H]4C[C@H](O)CC[C@]4(C)[C@H]3CC[C@]12C.I[I-]I. The van der Waals surface area contributed by atoms with Crippen LogP contribution in [0.2, 0.25) is 0 Å². The molecule has 0 aromatic carbocycles. The van der Waals surface area contributed by atoms with Gasteiger partial charge in [-0.15, -0.1) is 0 Å². The summed E-state index contributed by atoms with van der Waals surface area (Å²) in [6.07, 6.45) is 18.4. The minimum atomic E-state index is -0.684. The van der Waals surface area contributed by atoms with E-state index in [2.05, 4.69) is 78.8 Å². The van der Waals surface area contributed by atoms with E-state index in [1.165, 1.54) is 44.9 Å². The molecule has 334 valence electrons. The molecule has 19 atom stereocenters. The zero-order valence-corrected chi connectivity index (χ0v) is 43.5. The average Bonchev–Trinajstić information content (AvgIpc) is 3.71. The molecule has 0 heterocycles. The van der Waals surface area contributed by atoms with E-state index in [0.29, 0.717) is 95.5 Å². The van der Waals surface area contributed by atoms with Crippen molar-refractivity contribution in [2.45, 2.75) is 182 Å². The molecule has 7 nitrogen and oxygen atoms in total. The van der Waals surface area contributed by atoms with Gasteiger partial charge in [0.25, 0.3) is 0 Å². The second kappa shape index (κ2) is 19.2. The van der Waals surface area contributed by atoms with Crippen LogP contribution in [0.4, 0.5) is 0 Å². The van der Waals surface area contributed by atoms with Crippen molar-refractivity contribution in [2.24, 2.45) is 92.7 Å². The van der Waals surface area contributed by atoms with Crippen molar-refractivity contribution < 1.29 is 47.7 Å². The number of methoxy groups -OCH3 is 1. The van der Waals surface area contributed by atoms with E-state index < -0.39 is 5.97 Å². The monoisotopic (exact) mass is 1150 g/mol. The molecule has 0 radical (unpaired) electrons. The number of aliphatic carboxylic acids is 1. The molecule has 58 heavy (non-hydrogen) atoms. The van der Waals surface area contributed by atoms with Gasteiger partial charge in [-0.2, -0.15) is 0 Å². The summed E-state index contributed by atoms with van der Waals surface area (Å²) in [6, 6.07) is 0. The summed E-state index contributed by atoms with van der Waals surface area (Å²) in [5.41, 5.74) is 1.00. The zero-order chi connectivity index (χ0) is 42.5. The van der Waals surface area contributed by atoms with E-state index >= 15 is 0 Å². The number of hydrogen-bond donors (Lipinski definition) is 3. The van der Waals surface area contributed by atoms with Gasteiger partial charge in [0, 0.05) is 31.8 Å². The Hall–Kier alpha value is 0.880. The van der Waals surface area contributed by atoms with E-state index in [9.17, 15) is 24.6 Å². The number of halogens is 3. The molecule has 8 rings (SSSR count). The van der Waals surface area contributed by atoms with E-state index in [4.69, 9.17) is 9.84 Å². The number of carboxylic acid groups (broad SMARTS) is 1. The van der Waals surface area contributed by atoms with Crippen molar-refractivity contribution in [3.63, 3.8) is 0 Å². The number of aliphatic hydroxyl groups is 2. The first kappa shape index (κ1) is 48.3. The first-order valence-corrected chi connectivity index (χ1v) is 35.9. The predicted octanol–water partition coefficient (Wildman–Crippen LogP) is 8.32. The molecule has 8 aliphatic rings. The van der Waals surface area contributed by atoms with Crippen LogP contribution in [-0.4, -0.2) is 58.3 Å². The normalized spacial score (nSPS) is 48.8. The Bertz CT molecular complexity index is 1480. The minimum absolute atomic E-state index is 0.135. The standard InChI is InChI=1S/C24H40O4.C24H38O3.I3/c1-14(4-7-21(27)28)17-5-6-18-22-19(9-11-24(17,18)3)23(2)10-8-16(25)12-15(23)13-20(22)26;1-14(15(2)25)18-6-7-19-22-20(9-11-24(18,19)4)23(3)10-8-17(27-5)12-16(23)13-21(22)26;1-3-2/h14-20,22,25-26H,4-13H2,1-3H3,(H,27,28);14,16-20,22H,6-13H2,1-5H3;/q;;-1/t14-,15+,16-,17-,18+,19+,20-,22+,23+,24-;14-,16+,17-,18-,19+,20+,22+,23+,24-;/m11./s1. The van der Waals surface area contributed by atoms with Gasteiger partial charge in [0.2, 0.25) is 0 Å². The quantitative estimate of drug-likeness (QED) is 0.220. The number of carbonyl (C=O) groups is 3. The Labute approximate surface area is 381 Å². The predicted molar refractivity (Wildman–Crippen MR) is 243 cm³/mol. The Morgan fingerprint density at radius 3 is 1.93 bits per heavy atom. The summed E-state index contributed by atoms with van der Waals surface area (Å²) in [4.78, 5) is 36.6. The molecule has 0 bridgehead atoms. The van der Waals surface area contributed by atoms with E-state index in [1.807, 2.05) is 7.11 Å². The third-order valence-corrected chi connectivity index (χ3v) is 20.3. The topological polar surface area (TPSA) is 121 Å². The summed E-state index contributed by atoms with van der Waals surface area (Å²) in [5, 5.41) is 30.5. The van der Waals surface area contributed by atoms with E-state index in [0.717, 1.165) is 64.2 Å². The molecule has 0 amide bonds. The van der Waals surface area contributed by atoms with Crippen LogP contribution in [0, 0.1) is 92.7 Å². The van der Waals surface area contributed by atoms with Crippen molar-refractivity contribution >= 4 is 54.8 Å². The molecule has 0 aliphatic heterocycles. The second-order valence-electron chi connectivity index (χ2n) is 22.3. The van der Waals surface area contributed by atoms with Gasteiger partial charge in [0.05, 0.1) is 18.3 Å². The Kier molecular flexibility index (Phi) is 16.0. The molecule has 10 heteroatoms. The summed E-state index contributed by atoms with van der Waals surface area (Å²) in [5.74, 6) is 5.60. The number of ketones is 2. The third-order valence-electron chi connectivity index (χ3n) is 20.3. The third kappa shape index (κ3) is 8.82. The number of fused-ring (bicyclic) bond motifs is 10. The number of aliphatic hydroxyl groups excluding tert-OH is 2. The van der Waals surface area contributed by atoms with Crippen LogP contribution in [0.25, 0.3) is 0 Å². The van der Waals surface area contributed by atoms with Gasteiger partial charge in [-0.3, -0.25) is 14.4 Å². The molecule has 0 saturated heterocycles. The van der Waals surface area contributed by atoms with Crippen LogP contribution in [-0.2, 0) is 19.1 Å². The fourth-order valence-electron chi connectivity index (χ4n) is 17.0. The number of hydrogen-bond acceptors (Lipinski definition) is 6. The van der Waals surface area contributed by atoms with Gasteiger partial charge in [0.1, 0.15) is 11.6 Å². The number of rotatable bonds is 7. The molecule has 8 saturated carbocycles. The molecule has 3 N–H and O–H groups in total. The number of ether oxygens (including phenoxy) is 1. The molecular weight excluding hydrogens is 1070 g/mol. The summed E-state index contributed by atoms with van der Waals surface area (Å²) < 4.78 is 5.66. The van der Waals surface area contributed by atoms with E-state index in [1.54, 1.807) is 6.92 Å². The number of carboxylic acids is 1. The molecule has 0 unspecified atom stereocenters. The van der Waals surface area contributed by atoms with Crippen LogP contribution >= 0.6 is 37.2 Å². The Morgan fingerprint density at radius 2 is 1.29 bits per heavy atom. The van der Waals surface area contributed by atoms with Crippen LogP contribution in [0.5, 0.6) is 0 Å². The summed E-state index contributed by atoms with van der Waals surface area (Å²) in [7, 11) is 1.82. The van der Waals surface area contributed by atoms with Gasteiger partial charge in [-0.25, -0.2) is 0 Å². The molecular formula is C48H78I3O7-. The molecule has 8 aliphatic carbocycles. The van der Waals surface area contributed by atoms with Gasteiger partial charge < -0.3 is 20.1 Å². The fourth-order valence-corrected chi connectivity index (χ4v) is 17.0. The average molecular weight is 1150 g/mol. The number of carbonyl (C=O) groups excluding carboxylic acids is 2. The van der Waals surface area contributed by atoms with Crippen LogP contribution in [0.15, 0.2) is 0 Å². The first-order chi connectivity index (χ1) is 27.3. The molecule has 0 spiro atoms. The van der Waals surface area contributed by atoms with Crippen LogP contribution in [0.1, 0.15) is 164 Å². The van der Waals surface area contributed by atoms with Crippen molar-refractivity contribution in [3.05, 3.63) is 0 Å². The van der Waals surface area contributed by atoms with Gasteiger partial charge in [-0.05, 0) is 190 Å². The zero-order valence-electron chi connectivity index (χ0n) is 37.0. The Balaban J connectivity index is 0.000000183. The molecule has 0 aromatic heterocycles. The maximum atomic E-state index is 13.4. The van der Waals surface area contributed by atoms with Gasteiger partial charge in [0.15, 0.2) is 0 Å². The van der Waals surface area contributed by atoms with E-state index in [-0.39, 0.29) is 46.7 Å². The second-order valence-corrected chi connectivity index (χ2v) is 38.5. The van der Waals surface area contributed by atoms with Crippen molar-refractivity contribution in [1.82, 2.24) is 0 Å². The number of Topliss-reactive ketones (excluding diaryl/α,β-unsaturated/α-hetero) is 2. The van der Waals surface area contributed by atoms with Crippen molar-refractivity contribution in [2.75, 3.05) is 7.11 Å². The Morgan fingerprint density at radius 1 is 0.759 bits per heavy atom. The first-order valence-electron chi connectivity index (χ1n) is 23.3. The van der Waals surface area contributed by atoms with Gasteiger partial charge in [-0.1, -0.05) is 41.5 Å². The van der Waals surface area contributed by atoms with Crippen molar-refractivity contribution in [3.8, 4) is 0 Å². The van der Waals surface area contributed by atoms with Crippen molar-refractivity contribution in [1.29, 1.82) is 0 Å². The van der Waals surface area contributed by atoms with Crippen LogP contribution in [0.3, 0.4) is 0 Å². The van der Waals surface area contributed by atoms with Crippen LogP contribution < -0.4 is 13.3 Å². The fraction of sp³-hybridized carbons (Fsp3) is 0.938. The summed E-state index contributed by atoms with van der Waals surface area (Å²) in [6.45, 7) is 15.9. The molecule has 0 aromatic rings.